The fraction of sp³-hybridized carbons (Fsp3) is 1.00. The van der Waals surface area contributed by atoms with Gasteiger partial charge in [0.05, 0.1) is 6.61 Å². The van der Waals surface area contributed by atoms with Crippen LogP contribution in [0.5, 0.6) is 0 Å². The highest BCUT2D eigenvalue weighted by Gasteiger charge is 2.16. The van der Waals surface area contributed by atoms with Crippen LogP contribution in [0.1, 0.15) is 0 Å². The number of nitrogens with two attached hydrogens (primary N) is 1. The Morgan fingerprint density at radius 2 is 2.89 bits per heavy atom. The largest absolute Gasteiger partial charge is 0.471 e. The van der Waals surface area contributed by atoms with Gasteiger partial charge < -0.3 is 10.6 Å². The molecule has 5 nitrogen and oxygen atoms in total. The number of phosphoric acid groups is 1. The van der Waals surface area contributed by atoms with Crippen LogP contribution in [0.25, 0.3) is 0 Å². The topological polar surface area (TPSA) is 81.8 Å². The first-order chi connectivity index (χ1) is 5.54. The van der Waals surface area contributed by atoms with Crippen LogP contribution < -0.4 is 5.72 Å². The van der Waals surface area contributed by atoms with E-state index < -0.39 is 7.82 Å². The van der Waals surface area contributed by atoms with Gasteiger partial charge in [-0.15, -0.1) is 0 Å². The van der Waals surface area contributed by atoms with Crippen LogP contribution in [0.4, 0.5) is 0 Å². The lowest BCUT2D eigenvalue weighted by atomic mass is 10.8. The summed E-state index contributed by atoms with van der Waals surface area (Å²) in [5.74, 6) is 0. The van der Waals surface area contributed by atoms with Gasteiger partial charge in [-0.3, -0.25) is 9.05 Å². The van der Waals surface area contributed by atoms with Crippen molar-refractivity contribution in [2.24, 2.45) is 5.72 Å². The molecule has 0 aromatic rings. The first-order valence-corrected chi connectivity index (χ1v) is 3.70. The highest BCUT2D eigenvalue weighted by Crippen LogP contribution is 2.41. The molecule has 6 heteroatoms. The van der Waals surface area contributed by atoms with E-state index >= 15 is 0 Å². The van der Waals surface area contributed by atoms with E-state index in [1.54, 1.807) is 0 Å². The highest BCUT2D eigenvalue weighted by molar-refractivity contribution is 7.47. The van der Waals surface area contributed by atoms with Crippen LogP contribution in [-0.2, 0) is 13.6 Å². The van der Waals surface area contributed by atoms with Crippen molar-refractivity contribution in [3.05, 3.63) is 0 Å². The molecule has 0 aromatic heterocycles. The van der Waals surface area contributed by atoms with Crippen LogP contribution in [0, 0.1) is 0 Å². The Morgan fingerprint density at radius 1 is 2.11 bits per heavy atom. The average molecular weight is 158 g/mol. The molecule has 0 heterocycles. The third kappa shape index (κ3) is 4.57. The Balaban J connectivity index is 3.67. The maximum Gasteiger partial charge on any atom is 0.471 e. The van der Waals surface area contributed by atoms with Crippen molar-refractivity contribution in [1.82, 2.24) is 0 Å². The van der Waals surface area contributed by atoms with Crippen molar-refractivity contribution in [3.63, 3.8) is 0 Å². The van der Waals surface area contributed by atoms with Gasteiger partial charge in [-0.05, 0) is 0 Å². The van der Waals surface area contributed by atoms with Gasteiger partial charge in [0.25, 0.3) is 0 Å². The van der Waals surface area contributed by atoms with Gasteiger partial charge in [0.15, 0.2) is 0 Å². The van der Waals surface area contributed by atoms with E-state index in [-0.39, 0.29) is 13.2 Å². The monoisotopic (exact) mass is 158 g/mol. The van der Waals surface area contributed by atoms with E-state index in [1.807, 2.05) is 0 Å². The molecule has 0 radical (unpaired) electrons. The molecule has 1 atom stereocenters. The molecule has 0 spiro atoms. The molecule has 9 heavy (non-hydrogen) atoms. The number of hydrogen-bond acceptors (Lipinski definition) is 5. The van der Waals surface area contributed by atoms with Crippen LogP contribution in [0.3, 0.4) is 0 Å². The second kappa shape index (κ2) is 3.98. The molecular weight excluding hydrogens is 145 g/mol. The normalized spacial score (nSPS) is 22.2. The standard InChI is InChI=1S/C3H10NO4P/c1-7-9(5,6)8-3-2-4/h2-4H2,1H3,(H,5,6)/i/hD3. The molecule has 0 saturated carbocycles. The fourth-order valence-corrected chi connectivity index (χ4v) is 0.616. The maximum absolute atomic E-state index is 10.9. The number of phosphoric ester groups is 1. The average Bonchev–Trinajstić information content (AvgIpc) is 2.03. The van der Waals surface area contributed by atoms with Gasteiger partial charge in [-0.2, -0.15) is 0 Å². The van der Waals surface area contributed by atoms with Gasteiger partial charge in [-0.1, -0.05) is 0 Å². The van der Waals surface area contributed by atoms with Crippen LogP contribution in [0.15, 0.2) is 0 Å². The number of rotatable bonds is 6. The molecule has 0 saturated heterocycles. The molecule has 1 unspecified atom stereocenters. The second-order valence-electron chi connectivity index (χ2n) is 1.19. The summed E-state index contributed by atoms with van der Waals surface area (Å²) in [5, 5.41) is 0. The van der Waals surface area contributed by atoms with E-state index in [9.17, 15) is 4.57 Å². The summed E-state index contributed by atoms with van der Waals surface area (Å²) in [6.45, 7) is -0.242. The first-order valence-electron chi connectivity index (χ1n) is 3.55. The Kier molecular flexibility index (Phi) is 2.13. The summed E-state index contributed by atoms with van der Waals surface area (Å²) >= 11 is 0. The van der Waals surface area contributed by atoms with Crippen LogP contribution in [-0.4, -0.2) is 26.6 Å². The van der Waals surface area contributed by atoms with Gasteiger partial charge in [0.1, 0.15) is 2.82 Å². The summed E-state index contributed by atoms with van der Waals surface area (Å²) in [6, 6.07) is 0. The molecule has 0 aromatic carbocycles. The van der Waals surface area contributed by atoms with E-state index in [2.05, 4.69) is 13.9 Å². The molecule has 0 rings (SSSR count). The van der Waals surface area contributed by atoms with Gasteiger partial charge in [0, 0.05) is 13.7 Å². The lowest BCUT2D eigenvalue weighted by Gasteiger charge is -2.06. The zero-order valence-electron chi connectivity index (χ0n) is 7.94. The molecule has 0 aliphatic heterocycles. The van der Waals surface area contributed by atoms with Crippen molar-refractivity contribution in [1.29, 1.82) is 1.43 Å². The summed E-state index contributed by atoms with van der Waals surface area (Å²) in [7, 11) is -2.69. The summed E-state index contributed by atoms with van der Waals surface area (Å²) in [4.78, 5) is 3.69. The predicted molar refractivity (Wildman–Crippen MR) is 31.8 cm³/mol. The second-order valence-corrected chi connectivity index (χ2v) is 2.70. The Labute approximate surface area is 57.8 Å². The lowest BCUT2D eigenvalue weighted by molar-refractivity contribution is 0.177. The van der Waals surface area contributed by atoms with E-state index in [4.69, 9.17) is 4.25 Å². The van der Waals surface area contributed by atoms with Crippen molar-refractivity contribution < 1.29 is 21.3 Å². The van der Waals surface area contributed by atoms with Gasteiger partial charge in [0.2, 0.25) is 1.43 Å². The van der Waals surface area contributed by atoms with Crippen molar-refractivity contribution >= 4 is 7.82 Å². The molecule has 0 amide bonds. The lowest BCUT2D eigenvalue weighted by Crippen LogP contribution is -2.07. The SMILES string of the molecule is [2H]OP(=O)(OC)OCCN([2H])[2H]. The summed E-state index contributed by atoms with van der Waals surface area (Å²) in [6.07, 6.45) is 0. The Hall–Kier alpha value is 0.0700. The third-order valence-corrected chi connectivity index (χ3v) is 1.51. The molecule has 0 aliphatic rings. The van der Waals surface area contributed by atoms with Crippen molar-refractivity contribution in [2.45, 2.75) is 0 Å². The minimum absolute atomic E-state index is 0.0727. The summed E-state index contributed by atoms with van der Waals surface area (Å²) in [5.41, 5.74) is 0.351. The number of hydrogen-bond donors (Lipinski definition) is 2. The van der Waals surface area contributed by atoms with Gasteiger partial charge in [-0.25, -0.2) is 4.57 Å². The van der Waals surface area contributed by atoms with Crippen molar-refractivity contribution in [3.8, 4) is 0 Å². The Bertz CT molecular complexity index is 160. The zero-order valence-corrected chi connectivity index (χ0v) is 5.84. The van der Waals surface area contributed by atoms with Crippen LogP contribution in [0.2, 0.25) is 2.82 Å². The van der Waals surface area contributed by atoms with E-state index in [1.165, 1.54) is 0 Å². The van der Waals surface area contributed by atoms with Crippen LogP contribution >= 0.6 is 7.82 Å². The maximum atomic E-state index is 10.9. The minimum Gasteiger partial charge on any atom is -0.328 e. The smallest absolute Gasteiger partial charge is 0.328 e. The summed E-state index contributed by atoms with van der Waals surface area (Å²) < 4.78 is 39.2. The highest BCUT2D eigenvalue weighted by atomic mass is 31.2. The molecule has 0 aliphatic carbocycles. The predicted octanol–water partition coefficient (Wildman–Crippen LogP) is -0.291. The molecule has 0 fully saturated rings. The Morgan fingerprint density at radius 3 is 3.33 bits per heavy atom. The molecule has 0 bridgehead atoms. The quantitative estimate of drug-likeness (QED) is 0.519. The van der Waals surface area contributed by atoms with E-state index in [0.717, 1.165) is 7.11 Å². The van der Waals surface area contributed by atoms with E-state index in [0.29, 0.717) is 5.72 Å². The van der Waals surface area contributed by atoms with Gasteiger partial charge >= 0.3 is 7.82 Å². The molecule has 56 valence electrons. The molecular formula is C3H10NO4P. The molecule has 3 N–H and O–H groups in total. The minimum atomic E-state index is -3.76. The zero-order chi connectivity index (χ0) is 9.61. The first kappa shape index (κ1) is 4.82. The van der Waals surface area contributed by atoms with Crippen molar-refractivity contribution in [2.75, 3.05) is 20.3 Å². The fourth-order valence-electron chi connectivity index (χ4n) is 0.205. The third-order valence-electron chi connectivity index (χ3n) is 0.564.